The molecule has 1 atom stereocenters. The van der Waals surface area contributed by atoms with Gasteiger partial charge in [0.2, 0.25) is 10.0 Å². The number of rotatable bonds is 5. The lowest BCUT2D eigenvalue weighted by atomic mass is 10.1. The molecular weight excluding hydrogens is 304 g/mol. The fourth-order valence-corrected chi connectivity index (χ4v) is 4.03. The van der Waals surface area contributed by atoms with Crippen LogP contribution in [0.5, 0.6) is 5.75 Å². The fraction of sp³-hybridized carbons (Fsp3) is 0.400. The Morgan fingerprint density at radius 1 is 1.27 bits per heavy atom. The smallest absolute Gasteiger partial charge is 0.248 e. The lowest BCUT2D eigenvalue weighted by Crippen LogP contribution is -2.30. The molecule has 1 aromatic carbocycles. The Bertz CT molecular complexity index is 748. The summed E-state index contributed by atoms with van der Waals surface area (Å²) in [6, 6.07) is 6.96. The molecule has 0 aliphatic rings. The molecule has 0 amide bonds. The quantitative estimate of drug-likeness (QED) is 0.845. The standard InChI is InChI=1S/C15H20N2O4S/c1-10-15(12(3)21-16-10)22(18,19)17(4)11(2)13-8-6-7-9-14(13)20-5/h6-9,11H,1-5H3. The second kappa shape index (κ2) is 6.10. The predicted octanol–water partition coefficient (Wildman–Crippen LogP) is 2.68. The Morgan fingerprint density at radius 2 is 1.91 bits per heavy atom. The monoisotopic (exact) mass is 324 g/mol. The average molecular weight is 324 g/mol. The van der Waals surface area contributed by atoms with Crippen LogP contribution in [0.15, 0.2) is 33.7 Å². The summed E-state index contributed by atoms with van der Waals surface area (Å²) in [5, 5.41) is 3.73. The molecule has 0 bridgehead atoms. The van der Waals surface area contributed by atoms with E-state index in [1.807, 2.05) is 31.2 Å². The third kappa shape index (κ3) is 2.74. The third-order valence-corrected chi connectivity index (χ3v) is 5.91. The van der Waals surface area contributed by atoms with Gasteiger partial charge in [0, 0.05) is 12.6 Å². The number of hydrogen-bond donors (Lipinski definition) is 0. The van der Waals surface area contributed by atoms with E-state index in [1.165, 1.54) is 4.31 Å². The number of aryl methyl sites for hydroxylation is 2. The minimum absolute atomic E-state index is 0.122. The van der Waals surface area contributed by atoms with Crippen molar-refractivity contribution in [2.75, 3.05) is 14.2 Å². The van der Waals surface area contributed by atoms with E-state index < -0.39 is 16.1 Å². The summed E-state index contributed by atoms with van der Waals surface area (Å²) in [6.07, 6.45) is 0. The second-order valence-corrected chi connectivity index (χ2v) is 7.03. The normalized spacial score (nSPS) is 13.4. The van der Waals surface area contributed by atoms with Crippen molar-refractivity contribution in [1.82, 2.24) is 9.46 Å². The van der Waals surface area contributed by atoms with Crippen LogP contribution in [-0.2, 0) is 10.0 Å². The zero-order chi connectivity index (χ0) is 16.5. The van der Waals surface area contributed by atoms with Crippen molar-refractivity contribution < 1.29 is 17.7 Å². The molecule has 0 spiro atoms. The lowest BCUT2D eigenvalue weighted by Gasteiger charge is -2.25. The van der Waals surface area contributed by atoms with Gasteiger partial charge < -0.3 is 9.26 Å². The molecule has 0 N–H and O–H groups in total. The zero-order valence-corrected chi connectivity index (χ0v) is 14.1. The van der Waals surface area contributed by atoms with E-state index in [2.05, 4.69) is 5.16 Å². The Kier molecular flexibility index (Phi) is 4.58. The van der Waals surface area contributed by atoms with E-state index in [0.717, 1.165) is 5.56 Å². The Hall–Kier alpha value is -1.86. The first-order valence-corrected chi connectivity index (χ1v) is 8.28. The van der Waals surface area contributed by atoms with Crippen molar-refractivity contribution in [3.8, 4) is 5.75 Å². The molecule has 6 nitrogen and oxygen atoms in total. The zero-order valence-electron chi connectivity index (χ0n) is 13.3. The maximum atomic E-state index is 12.8. The maximum absolute atomic E-state index is 12.8. The first kappa shape index (κ1) is 16.5. The van der Waals surface area contributed by atoms with E-state index in [1.54, 1.807) is 28.0 Å². The van der Waals surface area contributed by atoms with Crippen LogP contribution in [0.4, 0.5) is 0 Å². The van der Waals surface area contributed by atoms with Crippen LogP contribution in [0.2, 0.25) is 0 Å². The van der Waals surface area contributed by atoms with Gasteiger partial charge in [0.05, 0.1) is 13.2 Å². The van der Waals surface area contributed by atoms with E-state index in [-0.39, 0.29) is 10.7 Å². The SMILES string of the molecule is COc1ccccc1C(C)N(C)S(=O)(=O)c1c(C)noc1C. The van der Waals surface area contributed by atoms with Crippen molar-refractivity contribution in [1.29, 1.82) is 0 Å². The molecule has 1 heterocycles. The predicted molar refractivity (Wildman–Crippen MR) is 82.3 cm³/mol. The summed E-state index contributed by atoms with van der Waals surface area (Å²) in [6.45, 7) is 5.02. The number of nitrogens with zero attached hydrogens (tertiary/aromatic N) is 2. The van der Waals surface area contributed by atoms with Crippen LogP contribution >= 0.6 is 0 Å². The average Bonchev–Trinajstić information content (AvgIpc) is 2.85. The van der Waals surface area contributed by atoms with Gasteiger partial charge in [-0.1, -0.05) is 23.4 Å². The summed E-state index contributed by atoms with van der Waals surface area (Å²) in [5.74, 6) is 0.937. The van der Waals surface area contributed by atoms with E-state index in [4.69, 9.17) is 9.26 Å². The van der Waals surface area contributed by atoms with E-state index >= 15 is 0 Å². The van der Waals surface area contributed by atoms with Crippen LogP contribution in [0.25, 0.3) is 0 Å². The molecule has 0 aliphatic heterocycles. The highest BCUT2D eigenvalue weighted by Crippen LogP contribution is 2.33. The minimum Gasteiger partial charge on any atom is -0.496 e. The molecule has 7 heteroatoms. The molecule has 0 aliphatic carbocycles. The molecule has 120 valence electrons. The number of ether oxygens (including phenoxy) is 1. The third-order valence-electron chi connectivity index (χ3n) is 3.74. The highest BCUT2D eigenvalue weighted by Gasteiger charge is 2.32. The minimum atomic E-state index is -3.71. The topological polar surface area (TPSA) is 72.6 Å². The van der Waals surface area contributed by atoms with Crippen molar-refractivity contribution in [3.05, 3.63) is 41.3 Å². The number of methoxy groups -OCH3 is 1. The van der Waals surface area contributed by atoms with Gasteiger partial charge in [-0.3, -0.25) is 0 Å². The number of sulfonamides is 1. The van der Waals surface area contributed by atoms with Crippen LogP contribution in [0.3, 0.4) is 0 Å². The molecule has 1 unspecified atom stereocenters. The van der Waals surface area contributed by atoms with Crippen molar-refractivity contribution in [2.45, 2.75) is 31.7 Å². The molecule has 0 radical (unpaired) electrons. The van der Waals surface area contributed by atoms with Gasteiger partial charge in [0.1, 0.15) is 16.3 Å². The molecule has 2 rings (SSSR count). The van der Waals surface area contributed by atoms with Crippen LogP contribution in [0.1, 0.15) is 30.0 Å². The highest BCUT2D eigenvalue weighted by molar-refractivity contribution is 7.89. The molecule has 22 heavy (non-hydrogen) atoms. The number of aromatic nitrogens is 1. The van der Waals surface area contributed by atoms with Crippen molar-refractivity contribution >= 4 is 10.0 Å². The van der Waals surface area contributed by atoms with Gasteiger partial charge in [-0.15, -0.1) is 0 Å². The summed E-state index contributed by atoms with van der Waals surface area (Å²) in [4.78, 5) is 0.122. The van der Waals surface area contributed by atoms with Gasteiger partial charge in [-0.05, 0) is 26.8 Å². The van der Waals surface area contributed by atoms with Gasteiger partial charge in [-0.2, -0.15) is 4.31 Å². The van der Waals surface area contributed by atoms with Crippen molar-refractivity contribution in [3.63, 3.8) is 0 Å². The largest absolute Gasteiger partial charge is 0.496 e. The summed E-state index contributed by atoms with van der Waals surface area (Å²) in [5.41, 5.74) is 1.15. The molecule has 0 saturated carbocycles. The summed E-state index contributed by atoms with van der Waals surface area (Å²) < 4.78 is 37.3. The van der Waals surface area contributed by atoms with E-state index in [9.17, 15) is 8.42 Å². The number of hydrogen-bond acceptors (Lipinski definition) is 5. The van der Waals surface area contributed by atoms with Crippen LogP contribution in [0, 0.1) is 13.8 Å². The molecular formula is C15H20N2O4S. The van der Waals surface area contributed by atoms with Gasteiger partial charge >= 0.3 is 0 Å². The summed E-state index contributed by atoms with van der Waals surface area (Å²) >= 11 is 0. The van der Waals surface area contributed by atoms with Crippen LogP contribution in [-0.4, -0.2) is 32.0 Å². The van der Waals surface area contributed by atoms with Gasteiger partial charge in [0.15, 0.2) is 5.76 Å². The lowest BCUT2D eigenvalue weighted by molar-refractivity contribution is 0.365. The molecule has 0 saturated heterocycles. The second-order valence-electron chi connectivity index (χ2n) is 5.09. The number of benzene rings is 1. The fourth-order valence-electron chi connectivity index (χ4n) is 2.40. The van der Waals surface area contributed by atoms with Crippen molar-refractivity contribution in [2.24, 2.45) is 0 Å². The first-order chi connectivity index (χ1) is 10.3. The Labute approximate surface area is 130 Å². The Morgan fingerprint density at radius 3 is 2.45 bits per heavy atom. The summed E-state index contributed by atoms with van der Waals surface area (Å²) in [7, 11) is -0.604. The molecule has 2 aromatic rings. The molecule has 0 fully saturated rings. The maximum Gasteiger partial charge on any atom is 0.248 e. The Balaban J connectivity index is 2.44. The number of para-hydroxylation sites is 1. The van der Waals surface area contributed by atoms with Crippen LogP contribution < -0.4 is 4.74 Å². The van der Waals surface area contributed by atoms with Gasteiger partial charge in [-0.25, -0.2) is 8.42 Å². The van der Waals surface area contributed by atoms with Gasteiger partial charge in [0.25, 0.3) is 0 Å². The highest BCUT2D eigenvalue weighted by atomic mass is 32.2. The van der Waals surface area contributed by atoms with E-state index in [0.29, 0.717) is 11.4 Å². The first-order valence-electron chi connectivity index (χ1n) is 6.84. The molecule has 1 aromatic heterocycles.